The number of carbonyl (C=O) groups excluding carboxylic acids is 3. The summed E-state index contributed by atoms with van der Waals surface area (Å²) >= 11 is 0. The molecule has 1 aliphatic heterocycles. The van der Waals surface area contributed by atoms with Crippen LogP contribution in [0.25, 0.3) is 0 Å². The van der Waals surface area contributed by atoms with Gasteiger partial charge in [0.1, 0.15) is 0 Å². The van der Waals surface area contributed by atoms with Crippen LogP contribution in [0.15, 0.2) is 54.6 Å². The van der Waals surface area contributed by atoms with Crippen molar-refractivity contribution >= 4 is 20.4 Å². The number of pyridine rings is 3. The van der Waals surface area contributed by atoms with Crippen LogP contribution in [0.1, 0.15) is 34.2 Å². The molecule has 0 saturated heterocycles. The summed E-state index contributed by atoms with van der Waals surface area (Å²) in [6.07, 6.45) is 2.34. The molecule has 0 atom stereocenters. The number of fused-ring (bicyclic) bond motifs is 6. The van der Waals surface area contributed by atoms with E-state index in [1.54, 1.807) is 0 Å². The maximum Gasteiger partial charge on any atom is 3.00 e. The summed E-state index contributed by atoms with van der Waals surface area (Å²) in [5.74, 6) is 0. The first-order valence-electron chi connectivity index (χ1n) is 7.90. The second-order valence-corrected chi connectivity index (χ2v) is 5.39. The van der Waals surface area contributed by atoms with E-state index in [2.05, 4.69) is 75.0 Å². The van der Waals surface area contributed by atoms with Gasteiger partial charge in [0, 0.05) is 53.4 Å². The zero-order valence-electron chi connectivity index (χ0n) is 15.0. The monoisotopic (exact) mass is 458 g/mol. The van der Waals surface area contributed by atoms with Gasteiger partial charge in [0.15, 0.2) is 0 Å². The van der Waals surface area contributed by atoms with Gasteiger partial charge >= 0.3 is 21.1 Å². The fourth-order valence-corrected chi connectivity index (χ4v) is 2.74. The molecule has 7 heteroatoms. The summed E-state index contributed by atoms with van der Waals surface area (Å²) in [6, 6.07) is 18.6. The summed E-state index contributed by atoms with van der Waals surface area (Å²) in [5, 5.41) is 0. The minimum atomic E-state index is 0. The Morgan fingerprint density at radius 1 is 0.464 bits per heavy atom. The third-order valence-corrected chi connectivity index (χ3v) is 3.68. The molecular formula is C21H18MoN3O3. The zero-order valence-corrected chi connectivity index (χ0v) is 17.0. The molecule has 3 aromatic heterocycles. The van der Waals surface area contributed by atoms with Crippen molar-refractivity contribution in [2.24, 2.45) is 0 Å². The van der Waals surface area contributed by atoms with Crippen molar-refractivity contribution in [3.05, 3.63) is 88.8 Å². The zero-order chi connectivity index (χ0) is 20.1. The van der Waals surface area contributed by atoms with Gasteiger partial charge in [-0.1, -0.05) is 18.2 Å². The molecule has 4 heterocycles. The summed E-state index contributed by atoms with van der Waals surface area (Å²) in [4.78, 5) is 37.4. The molecule has 28 heavy (non-hydrogen) atoms. The van der Waals surface area contributed by atoms with Crippen LogP contribution in [0.2, 0.25) is 0 Å². The van der Waals surface area contributed by atoms with E-state index < -0.39 is 0 Å². The maximum atomic E-state index is 7.75. The minimum Gasteiger partial charge on any atom is -0.545 e. The Labute approximate surface area is 178 Å². The SMILES string of the molecule is [CH-]=O.[CH-]=O.[CH-]=O.[Mo+3].c1cc2nc(c1)Cc1cccc(n1)Cc1cccc(n1)C2. The quantitative estimate of drug-likeness (QED) is 0.229. The largest absolute Gasteiger partial charge is 3.00 e. The van der Waals surface area contributed by atoms with Crippen molar-refractivity contribution in [1.82, 2.24) is 15.0 Å². The molecule has 6 bridgehead atoms. The van der Waals surface area contributed by atoms with Crippen molar-refractivity contribution in [2.45, 2.75) is 19.3 Å². The van der Waals surface area contributed by atoms with Gasteiger partial charge in [-0.2, -0.15) is 0 Å². The van der Waals surface area contributed by atoms with Crippen LogP contribution in [-0.2, 0) is 54.7 Å². The second-order valence-electron chi connectivity index (χ2n) is 5.39. The van der Waals surface area contributed by atoms with Gasteiger partial charge in [0.2, 0.25) is 0 Å². The molecule has 0 unspecified atom stereocenters. The Morgan fingerprint density at radius 3 is 0.821 bits per heavy atom. The number of hydrogen-bond donors (Lipinski definition) is 0. The molecule has 0 fully saturated rings. The molecule has 4 rings (SSSR count). The molecule has 0 aromatic carbocycles. The number of nitrogens with zero attached hydrogens (tertiary/aromatic N) is 3. The summed E-state index contributed by atoms with van der Waals surface area (Å²) in [7, 11) is 0. The molecular weight excluding hydrogens is 438 g/mol. The van der Waals surface area contributed by atoms with Crippen LogP contribution >= 0.6 is 0 Å². The first-order valence-corrected chi connectivity index (χ1v) is 7.90. The van der Waals surface area contributed by atoms with E-state index in [9.17, 15) is 0 Å². The summed E-state index contributed by atoms with van der Waals surface area (Å²) in [6.45, 7) is 9.75. The molecule has 3 aromatic rings. The number of aromatic nitrogens is 3. The van der Waals surface area contributed by atoms with Crippen molar-refractivity contribution in [3.8, 4) is 0 Å². The Morgan fingerprint density at radius 2 is 0.643 bits per heavy atom. The predicted octanol–water partition coefficient (Wildman–Crippen LogP) is 2.13. The van der Waals surface area contributed by atoms with Crippen LogP contribution in [0.4, 0.5) is 0 Å². The molecule has 0 aliphatic carbocycles. The molecule has 6 nitrogen and oxygen atoms in total. The second kappa shape index (κ2) is 14.2. The summed E-state index contributed by atoms with van der Waals surface area (Å²) < 4.78 is 0. The van der Waals surface area contributed by atoms with E-state index in [4.69, 9.17) is 29.3 Å². The van der Waals surface area contributed by atoms with E-state index in [1.807, 2.05) is 0 Å². The molecule has 141 valence electrons. The smallest absolute Gasteiger partial charge is 0.545 e. The first-order chi connectivity index (χ1) is 13.3. The standard InChI is InChI=1S/C18H15N3.3CHO.Mo/c1-4-13-10-15-6-2-8-17(20-15)12-18-9-3-7-16(21-18)11-14(5-1)19-13;3*1-2;/h1-9H,10-12H2;3*1H;/q;3*-1;+3. The van der Waals surface area contributed by atoms with Crippen LogP contribution in [0, 0.1) is 0 Å². The van der Waals surface area contributed by atoms with Crippen molar-refractivity contribution < 1.29 is 35.4 Å². The normalized spacial score (nSPS) is 10.3. The Hall–Kier alpha value is -2.85. The fourth-order valence-electron chi connectivity index (χ4n) is 2.74. The van der Waals surface area contributed by atoms with Crippen LogP contribution in [-0.4, -0.2) is 35.3 Å². The van der Waals surface area contributed by atoms with Crippen LogP contribution in [0.5, 0.6) is 0 Å². The van der Waals surface area contributed by atoms with Crippen LogP contribution < -0.4 is 0 Å². The van der Waals surface area contributed by atoms with E-state index in [1.165, 1.54) is 0 Å². The van der Waals surface area contributed by atoms with Gasteiger partial charge in [-0.15, -0.1) is 0 Å². The predicted molar refractivity (Wildman–Crippen MR) is 101 cm³/mol. The number of rotatable bonds is 0. The summed E-state index contributed by atoms with van der Waals surface area (Å²) in [5.41, 5.74) is 6.38. The molecule has 0 N–H and O–H groups in total. The Kier molecular flexibility index (Phi) is 12.8. The average Bonchev–Trinajstić information content (AvgIpc) is 2.73. The third-order valence-electron chi connectivity index (χ3n) is 3.68. The van der Waals surface area contributed by atoms with E-state index in [0.717, 1.165) is 53.4 Å². The number of hydrogen-bond acceptors (Lipinski definition) is 6. The fraction of sp³-hybridized carbons (Fsp3) is 0.143. The Balaban J connectivity index is 0.000000957. The van der Waals surface area contributed by atoms with Crippen molar-refractivity contribution in [3.63, 3.8) is 0 Å². The minimum absolute atomic E-state index is 0. The van der Waals surface area contributed by atoms with Gasteiger partial charge in [-0.25, -0.2) is 0 Å². The van der Waals surface area contributed by atoms with Gasteiger partial charge in [0.05, 0.1) is 0 Å². The first kappa shape index (κ1) is 25.1. The maximum absolute atomic E-state index is 7.75. The van der Waals surface area contributed by atoms with E-state index in [-0.39, 0.29) is 21.1 Å². The topological polar surface area (TPSA) is 89.9 Å². The average molecular weight is 456 g/mol. The van der Waals surface area contributed by atoms with Crippen LogP contribution in [0.3, 0.4) is 0 Å². The molecule has 0 saturated carbocycles. The Bertz CT molecular complexity index is 697. The molecule has 1 aliphatic rings. The van der Waals surface area contributed by atoms with Gasteiger partial charge < -0.3 is 14.4 Å². The van der Waals surface area contributed by atoms with Gasteiger partial charge in [0.25, 0.3) is 0 Å². The van der Waals surface area contributed by atoms with Gasteiger partial charge in [-0.3, -0.25) is 35.3 Å². The van der Waals surface area contributed by atoms with Crippen molar-refractivity contribution in [2.75, 3.05) is 0 Å². The molecule has 1 radical (unpaired) electrons. The van der Waals surface area contributed by atoms with Gasteiger partial charge in [-0.05, 0) is 36.4 Å². The third kappa shape index (κ3) is 7.41. The van der Waals surface area contributed by atoms with Crippen molar-refractivity contribution in [1.29, 1.82) is 0 Å². The van der Waals surface area contributed by atoms with E-state index >= 15 is 0 Å². The molecule has 0 spiro atoms. The van der Waals surface area contributed by atoms with E-state index in [0.29, 0.717) is 0 Å². The molecule has 0 amide bonds.